The van der Waals surface area contributed by atoms with Crippen LogP contribution < -0.4 is 4.90 Å². The third-order valence-electron chi connectivity index (χ3n) is 8.71. The van der Waals surface area contributed by atoms with E-state index in [1.165, 1.54) is 0 Å². The second-order valence-electron chi connectivity index (χ2n) is 11.6. The molecule has 2 saturated carbocycles. The predicted octanol–water partition coefficient (Wildman–Crippen LogP) is 3.34. The number of carbonyl (C=O) groups excluding carboxylic acids is 1. The van der Waals surface area contributed by atoms with Crippen molar-refractivity contribution >= 4 is 23.3 Å². The molecule has 3 fully saturated rings. The lowest BCUT2D eigenvalue weighted by molar-refractivity contribution is -0.136. The van der Waals surface area contributed by atoms with Crippen LogP contribution in [0.15, 0.2) is 30.6 Å². The van der Waals surface area contributed by atoms with Gasteiger partial charge < -0.3 is 9.80 Å². The van der Waals surface area contributed by atoms with Gasteiger partial charge >= 0.3 is 0 Å². The molecule has 0 N–H and O–H groups in total. The molecule has 4 aliphatic rings. The Morgan fingerprint density at radius 3 is 2.59 bits per heavy atom. The number of hydrogen-bond acceptors (Lipinski definition) is 7. The fourth-order valence-electron chi connectivity index (χ4n) is 6.75. The minimum Gasteiger partial charge on any atom is -0.354 e. The summed E-state index contributed by atoms with van der Waals surface area (Å²) in [6.07, 6.45) is 7.58. The Bertz CT molecular complexity index is 1400. The standard InChI is InChI=1S/C27H31ClN8O/c1-17-11-29-12-22(30-17)34-15-26(16-34)9-19(10-26)24-32-31-23-14-35(27(6-7-27)25(37)33(2)3)13-18-8-20(28)4-5-21(18)36(23)24/h4-5,8,11-12,19H,6-7,9-10,13-16H2,1-3H3. The van der Waals surface area contributed by atoms with Crippen LogP contribution >= 0.6 is 11.6 Å². The Labute approximate surface area is 221 Å². The summed E-state index contributed by atoms with van der Waals surface area (Å²) in [5.41, 5.74) is 3.01. The SMILES string of the molecule is Cc1cncc(N2CC3(CC(c4nnc5n4-c4ccc(Cl)cc4CN(C4(C(=O)N(C)C)CC4)C5)C3)C2)n1. The Hall–Kier alpha value is -3.04. The van der Waals surface area contributed by atoms with Crippen molar-refractivity contribution in [3.8, 4) is 5.69 Å². The number of aryl methyl sites for hydroxylation is 1. The molecule has 9 nitrogen and oxygen atoms in total. The lowest BCUT2D eigenvalue weighted by Crippen LogP contribution is -2.62. The molecule has 1 amide bonds. The zero-order valence-corrected chi connectivity index (χ0v) is 22.2. The Kier molecular flexibility index (Phi) is 4.98. The van der Waals surface area contributed by atoms with Crippen LogP contribution in [-0.4, -0.2) is 73.2 Å². The van der Waals surface area contributed by atoms with Crippen LogP contribution in [0, 0.1) is 12.3 Å². The van der Waals surface area contributed by atoms with Gasteiger partial charge in [-0.15, -0.1) is 10.2 Å². The zero-order valence-electron chi connectivity index (χ0n) is 21.5. The highest BCUT2D eigenvalue weighted by Crippen LogP contribution is 2.57. The van der Waals surface area contributed by atoms with Crippen molar-refractivity contribution in [2.75, 3.05) is 32.1 Å². The summed E-state index contributed by atoms with van der Waals surface area (Å²) < 4.78 is 2.25. The van der Waals surface area contributed by atoms with Crippen molar-refractivity contribution in [3.05, 3.63) is 58.5 Å². The summed E-state index contributed by atoms with van der Waals surface area (Å²) >= 11 is 6.45. The van der Waals surface area contributed by atoms with Crippen molar-refractivity contribution in [1.82, 2.24) is 34.5 Å². The lowest BCUT2D eigenvalue weighted by atomic mass is 9.57. The summed E-state index contributed by atoms with van der Waals surface area (Å²) in [6.45, 7) is 5.27. The maximum atomic E-state index is 13.2. The summed E-state index contributed by atoms with van der Waals surface area (Å²) in [7, 11) is 3.68. The third-order valence-corrected chi connectivity index (χ3v) is 8.94. The quantitative estimate of drug-likeness (QED) is 0.523. The molecule has 192 valence electrons. The number of halogens is 1. The molecular weight excluding hydrogens is 488 g/mol. The van der Waals surface area contributed by atoms with Crippen LogP contribution in [0.2, 0.25) is 5.02 Å². The molecule has 2 aromatic heterocycles. The fraction of sp³-hybridized carbons (Fsp3) is 0.519. The van der Waals surface area contributed by atoms with Gasteiger partial charge in [-0.25, -0.2) is 4.98 Å². The van der Waals surface area contributed by atoms with Gasteiger partial charge in [0, 0.05) is 56.3 Å². The van der Waals surface area contributed by atoms with E-state index < -0.39 is 5.54 Å². The number of likely N-dealkylation sites (N-methyl/N-ethyl adjacent to an activating group) is 1. The first-order valence-corrected chi connectivity index (χ1v) is 13.4. The van der Waals surface area contributed by atoms with Gasteiger partial charge in [-0.1, -0.05) is 11.6 Å². The number of fused-ring (bicyclic) bond motifs is 3. The maximum absolute atomic E-state index is 13.2. The normalized spacial score (nSPS) is 21.5. The highest BCUT2D eigenvalue weighted by atomic mass is 35.5. The summed E-state index contributed by atoms with van der Waals surface area (Å²) in [6, 6.07) is 6.06. The van der Waals surface area contributed by atoms with Crippen molar-refractivity contribution in [1.29, 1.82) is 0 Å². The first-order valence-electron chi connectivity index (χ1n) is 13.0. The number of aromatic nitrogens is 5. The van der Waals surface area contributed by atoms with E-state index in [0.717, 1.165) is 73.2 Å². The number of carbonyl (C=O) groups is 1. The summed E-state index contributed by atoms with van der Waals surface area (Å²) in [4.78, 5) is 28.4. The molecule has 4 heterocycles. The van der Waals surface area contributed by atoms with Crippen molar-refractivity contribution in [3.63, 3.8) is 0 Å². The largest absolute Gasteiger partial charge is 0.354 e. The molecular formula is C27H31ClN8O. The Balaban J connectivity index is 1.16. The molecule has 0 radical (unpaired) electrons. The molecule has 0 atom stereocenters. The van der Waals surface area contributed by atoms with Gasteiger partial charge in [-0.2, -0.15) is 0 Å². The van der Waals surface area contributed by atoms with E-state index in [9.17, 15) is 4.79 Å². The van der Waals surface area contributed by atoms with Crippen molar-refractivity contribution in [2.45, 2.75) is 57.2 Å². The number of benzene rings is 1. The van der Waals surface area contributed by atoms with Crippen molar-refractivity contribution in [2.24, 2.45) is 5.41 Å². The van der Waals surface area contributed by atoms with Crippen LogP contribution in [0.4, 0.5) is 5.82 Å². The molecule has 3 aromatic rings. The van der Waals surface area contributed by atoms with Gasteiger partial charge in [0.2, 0.25) is 5.91 Å². The van der Waals surface area contributed by atoms with Crippen LogP contribution in [0.1, 0.15) is 54.5 Å². The molecule has 0 bridgehead atoms. The molecule has 0 unspecified atom stereocenters. The van der Waals surface area contributed by atoms with Crippen LogP contribution in [0.5, 0.6) is 0 Å². The van der Waals surface area contributed by atoms with Crippen LogP contribution in [-0.2, 0) is 17.9 Å². The van der Waals surface area contributed by atoms with E-state index in [0.29, 0.717) is 29.4 Å². The molecule has 2 aliphatic heterocycles. The number of nitrogens with zero attached hydrogens (tertiary/aromatic N) is 8. The number of rotatable bonds is 4. The molecule has 1 spiro atoms. The second kappa shape index (κ2) is 7.98. The Morgan fingerprint density at radius 1 is 1.11 bits per heavy atom. The summed E-state index contributed by atoms with van der Waals surface area (Å²) in [5.74, 6) is 3.43. The highest BCUT2D eigenvalue weighted by Gasteiger charge is 2.57. The van der Waals surface area contributed by atoms with E-state index >= 15 is 0 Å². The minimum absolute atomic E-state index is 0.165. The first kappa shape index (κ1) is 23.1. The minimum atomic E-state index is -0.459. The van der Waals surface area contributed by atoms with Crippen molar-refractivity contribution < 1.29 is 4.79 Å². The monoisotopic (exact) mass is 518 g/mol. The van der Waals surface area contributed by atoms with Gasteiger partial charge in [0.05, 0.1) is 24.1 Å². The molecule has 7 rings (SSSR count). The smallest absolute Gasteiger partial charge is 0.242 e. The molecule has 1 saturated heterocycles. The second-order valence-corrected chi connectivity index (χ2v) is 12.1. The van der Waals surface area contributed by atoms with Gasteiger partial charge in [-0.3, -0.25) is 19.2 Å². The van der Waals surface area contributed by atoms with E-state index in [1.807, 2.05) is 39.3 Å². The molecule has 10 heteroatoms. The van der Waals surface area contributed by atoms with Crippen LogP contribution in [0.3, 0.4) is 0 Å². The fourth-order valence-corrected chi connectivity index (χ4v) is 6.94. The Morgan fingerprint density at radius 2 is 1.89 bits per heavy atom. The zero-order chi connectivity index (χ0) is 25.5. The van der Waals surface area contributed by atoms with E-state index in [1.54, 1.807) is 11.1 Å². The number of amides is 1. The third kappa shape index (κ3) is 3.58. The maximum Gasteiger partial charge on any atom is 0.242 e. The van der Waals surface area contributed by atoms with Gasteiger partial charge in [0.15, 0.2) is 5.82 Å². The molecule has 2 aliphatic carbocycles. The number of anilines is 1. The molecule has 37 heavy (non-hydrogen) atoms. The molecule has 1 aromatic carbocycles. The van der Waals surface area contributed by atoms with Gasteiger partial charge in [-0.05, 0) is 56.4 Å². The lowest BCUT2D eigenvalue weighted by Gasteiger charge is -2.59. The average molecular weight is 519 g/mol. The van der Waals surface area contributed by atoms with E-state index in [-0.39, 0.29) is 5.91 Å². The predicted molar refractivity (Wildman–Crippen MR) is 140 cm³/mol. The van der Waals surface area contributed by atoms with Gasteiger partial charge in [0.25, 0.3) is 0 Å². The first-order chi connectivity index (χ1) is 17.8. The average Bonchev–Trinajstić information content (AvgIpc) is 3.55. The highest BCUT2D eigenvalue weighted by molar-refractivity contribution is 6.30. The number of hydrogen-bond donors (Lipinski definition) is 0. The van der Waals surface area contributed by atoms with Crippen LogP contribution in [0.25, 0.3) is 5.69 Å². The van der Waals surface area contributed by atoms with Gasteiger partial charge in [0.1, 0.15) is 17.2 Å². The topological polar surface area (TPSA) is 83.3 Å². The van der Waals surface area contributed by atoms with E-state index in [2.05, 4.69) is 35.5 Å². The summed E-state index contributed by atoms with van der Waals surface area (Å²) in [5, 5.41) is 10.1. The van der Waals surface area contributed by atoms with E-state index in [4.69, 9.17) is 16.7 Å².